The lowest BCUT2D eigenvalue weighted by molar-refractivity contribution is 0.0635. The number of benzene rings is 1. The van der Waals surface area contributed by atoms with Crippen LogP contribution in [0.15, 0.2) is 12.1 Å². The van der Waals surface area contributed by atoms with Crippen molar-refractivity contribution in [2.75, 3.05) is 12.4 Å². The molecule has 102 valence electrons. The molecule has 0 aliphatic heterocycles. The summed E-state index contributed by atoms with van der Waals surface area (Å²) < 4.78 is 23.6. The van der Waals surface area contributed by atoms with Gasteiger partial charge in [-0.3, -0.25) is 5.32 Å². The third-order valence-corrected chi connectivity index (χ3v) is 2.05. The summed E-state index contributed by atoms with van der Waals surface area (Å²) in [6.45, 7) is 5.09. The van der Waals surface area contributed by atoms with E-state index in [1.54, 1.807) is 26.8 Å². The van der Waals surface area contributed by atoms with E-state index in [9.17, 15) is 9.18 Å². The molecule has 0 atom stereocenters. The number of hydrogen-bond donors (Lipinski definition) is 1. The Morgan fingerprint density at radius 2 is 2.05 bits per heavy atom. The van der Waals surface area contributed by atoms with Crippen molar-refractivity contribution in [3.05, 3.63) is 23.5 Å². The van der Waals surface area contributed by atoms with Crippen molar-refractivity contribution in [2.24, 2.45) is 0 Å². The molecule has 1 amide bonds. The first kappa shape index (κ1) is 14.8. The van der Waals surface area contributed by atoms with Crippen LogP contribution in [0.25, 0.3) is 0 Å². The van der Waals surface area contributed by atoms with Gasteiger partial charge in [-0.05, 0) is 26.8 Å². The van der Waals surface area contributed by atoms with Gasteiger partial charge in [0.1, 0.15) is 23.2 Å². The maximum Gasteiger partial charge on any atom is 0.412 e. The summed E-state index contributed by atoms with van der Waals surface area (Å²) in [5, 5.41) is 11.1. The van der Waals surface area contributed by atoms with Crippen molar-refractivity contribution < 1.29 is 18.7 Å². The molecule has 0 saturated carbocycles. The fourth-order valence-corrected chi connectivity index (χ4v) is 1.32. The van der Waals surface area contributed by atoms with Crippen LogP contribution in [0.2, 0.25) is 0 Å². The number of methoxy groups -OCH3 is 1. The van der Waals surface area contributed by atoms with Crippen molar-refractivity contribution in [2.45, 2.75) is 26.4 Å². The van der Waals surface area contributed by atoms with E-state index in [0.717, 1.165) is 6.07 Å². The Hall–Kier alpha value is -2.29. The highest BCUT2D eigenvalue weighted by molar-refractivity contribution is 5.85. The van der Waals surface area contributed by atoms with Gasteiger partial charge in [0.05, 0.1) is 18.4 Å². The van der Waals surface area contributed by atoms with Crippen LogP contribution in [0.5, 0.6) is 5.75 Å². The average molecular weight is 266 g/mol. The second-order valence-electron chi connectivity index (χ2n) is 4.77. The highest BCUT2D eigenvalue weighted by atomic mass is 19.1. The Labute approximate surface area is 110 Å². The summed E-state index contributed by atoms with van der Waals surface area (Å²) in [4.78, 5) is 11.5. The third-order valence-electron chi connectivity index (χ3n) is 2.05. The van der Waals surface area contributed by atoms with E-state index in [-0.39, 0.29) is 17.0 Å². The lowest BCUT2D eigenvalue weighted by atomic mass is 10.2. The molecule has 1 N–H and O–H groups in total. The molecule has 0 aromatic heterocycles. The van der Waals surface area contributed by atoms with E-state index in [4.69, 9.17) is 14.7 Å². The molecule has 0 radical (unpaired) electrons. The van der Waals surface area contributed by atoms with E-state index in [0.29, 0.717) is 0 Å². The minimum absolute atomic E-state index is 0.0507. The summed E-state index contributed by atoms with van der Waals surface area (Å²) in [6.07, 6.45) is -0.779. The van der Waals surface area contributed by atoms with Crippen molar-refractivity contribution in [3.8, 4) is 11.8 Å². The Bertz CT molecular complexity index is 530. The summed E-state index contributed by atoms with van der Waals surface area (Å²) in [7, 11) is 1.35. The molecule has 0 saturated heterocycles. The molecule has 0 unspecified atom stereocenters. The van der Waals surface area contributed by atoms with Gasteiger partial charge < -0.3 is 9.47 Å². The Kier molecular flexibility index (Phi) is 4.33. The first-order valence-electron chi connectivity index (χ1n) is 5.54. The van der Waals surface area contributed by atoms with Gasteiger partial charge in [0, 0.05) is 6.07 Å². The number of anilines is 1. The van der Waals surface area contributed by atoms with Crippen molar-refractivity contribution >= 4 is 11.8 Å². The standard InChI is InChI=1S/C13H15FN2O3/c1-13(2,3)19-12(17)16-10-6-11(18-4)8(7-15)5-9(10)14/h5-6H,1-4H3,(H,16,17). The summed E-state index contributed by atoms with van der Waals surface area (Å²) in [5.74, 6) is -0.557. The molecule has 1 aromatic rings. The lowest BCUT2D eigenvalue weighted by Crippen LogP contribution is -2.27. The topological polar surface area (TPSA) is 71.3 Å². The molecule has 0 heterocycles. The molecule has 0 aliphatic carbocycles. The van der Waals surface area contributed by atoms with Crippen LogP contribution in [-0.4, -0.2) is 18.8 Å². The molecule has 0 aliphatic rings. The number of nitrogens with zero attached hydrogens (tertiary/aromatic N) is 1. The van der Waals surface area contributed by atoms with Crippen LogP contribution >= 0.6 is 0 Å². The van der Waals surface area contributed by atoms with Crippen molar-refractivity contribution in [3.63, 3.8) is 0 Å². The minimum atomic E-state index is -0.779. The second-order valence-corrected chi connectivity index (χ2v) is 4.77. The van der Waals surface area contributed by atoms with E-state index in [2.05, 4.69) is 5.32 Å². The number of carbonyl (C=O) groups excluding carboxylic acids is 1. The lowest BCUT2D eigenvalue weighted by Gasteiger charge is -2.20. The van der Waals surface area contributed by atoms with Crippen molar-refractivity contribution in [1.82, 2.24) is 0 Å². The highest BCUT2D eigenvalue weighted by Crippen LogP contribution is 2.26. The van der Waals surface area contributed by atoms with Gasteiger partial charge >= 0.3 is 6.09 Å². The van der Waals surface area contributed by atoms with Gasteiger partial charge in [-0.2, -0.15) is 5.26 Å². The number of halogens is 1. The fraction of sp³-hybridized carbons (Fsp3) is 0.385. The maximum absolute atomic E-state index is 13.7. The van der Waals surface area contributed by atoms with Gasteiger partial charge in [-0.25, -0.2) is 9.18 Å². The van der Waals surface area contributed by atoms with E-state index < -0.39 is 17.5 Å². The number of amides is 1. The SMILES string of the molecule is COc1cc(NC(=O)OC(C)(C)C)c(F)cc1C#N. The van der Waals surface area contributed by atoms with E-state index in [1.807, 2.05) is 0 Å². The van der Waals surface area contributed by atoms with Crippen LogP contribution < -0.4 is 10.1 Å². The largest absolute Gasteiger partial charge is 0.495 e. The van der Waals surface area contributed by atoms with Crippen LogP contribution in [0.4, 0.5) is 14.9 Å². The molecule has 0 fully saturated rings. The molecule has 5 nitrogen and oxygen atoms in total. The zero-order valence-corrected chi connectivity index (χ0v) is 11.2. The van der Waals surface area contributed by atoms with E-state index in [1.165, 1.54) is 13.2 Å². The highest BCUT2D eigenvalue weighted by Gasteiger charge is 2.18. The van der Waals surface area contributed by atoms with Gasteiger partial charge in [-0.1, -0.05) is 0 Å². The zero-order chi connectivity index (χ0) is 14.6. The predicted octanol–water partition coefficient (Wildman–Crippen LogP) is 3.05. The van der Waals surface area contributed by atoms with Crippen LogP contribution in [0.3, 0.4) is 0 Å². The van der Waals surface area contributed by atoms with Gasteiger partial charge in [0.15, 0.2) is 0 Å². The number of ether oxygens (including phenoxy) is 2. The first-order valence-corrected chi connectivity index (χ1v) is 5.54. The first-order chi connectivity index (χ1) is 8.76. The molecule has 0 spiro atoms. The van der Waals surface area contributed by atoms with Crippen LogP contribution in [-0.2, 0) is 4.74 Å². The zero-order valence-electron chi connectivity index (χ0n) is 11.2. The average Bonchev–Trinajstić information content (AvgIpc) is 2.28. The number of hydrogen-bond acceptors (Lipinski definition) is 4. The van der Waals surface area contributed by atoms with Crippen LogP contribution in [0, 0.1) is 17.1 Å². The number of carbonyl (C=O) groups is 1. The van der Waals surface area contributed by atoms with E-state index >= 15 is 0 Å². The quantitative estimate of drug-likeness (QED) is 0.893. The molecule has 6 heteroatoms. The number of nitriles is 1. The van der Waals surface area contributed by atoms with Gasteiger partial charge in [0.25, 0.3) is 0 Å². The summed E-state index contributed by atoms with van der Waals surface area (Å²) >= 11 is 0. The Morgan fingerprint density at radius 1 is 1.42 bits per heavy atom. The minimum Gasteiger partial charge on any atom is -0.495 e. The second kappa shape index (κ2) is 5.57. The Balaban J connectivity index is 2.97. The van der Waals surface area contributed by atoms with Crippen LogP contribution in [0.1, 0.15) is 26.3 Å². The fourth-order valence-electron chi connectivity index (χ4n) is 1.32. The maximum atomic E-state index is 13.7. The molecule has 1 rings (SSSR count). The molecule has 19 heavy (non-hydrogen) atoms. The number of nitrogens with one attached hydrogen (secondary N) is 1. The molecular weight excluding hydrogens is 251 g/mol. The van der Waals surface area contributed by atoms with Gasteiger partial charge in [0.2, 0.25) is 0 Å². The molecule has 0 bridgehead atoms. The monoisotopic (exact) mass is 266 g/mol. The molecular formula is C13H15FN2O3. The summed E-state index contributed by atoms with van der Waals surface area (Å²) in [6, 6.07) is 4.02. The smallest absolute Gasteiger partial charge is 0.412 e. The normalized spacial score (nSPS) is 10.5. The molecule has 1 aromatic carbocycles. The summed E-state index contributed by atoms with van der Waals surface area (Å²) in [5.41, 5.74) is -0.739. The van der Waals surface area contributed by atoms with Crippen molar-refractivity contribution in [1.29, 1.82) is 5.26 Å². The predicted molar refractivity (Wildman–Crippen MR) is 67.5 cm³/mol. The number of rotatable bonds is 2. The van der Waals surface area contributed by atoms with Gasteiger partial charge in [-0.15, -0.1) is 0 Å². The third kappa shape index (κ3) is 4.14. The Morgan fingerprint density at radius 3 is 2.53 bits per heavy atom.